The molecule has 0 aliphatic carbocycles. The average molecular weight is 302 g/mol. The molecule has 0 heterocycles. The molecular formula is C8H18Br2Si. The zero-order valence-electron chi connectivity index (χ0n) is 7.88. The molecule has 0 aromatic rings. The van der Waals surface area contributed by atoms with Gasteiger partial charge in [-0.25, -0.2) is 0 Å². The lowest BCUT2D eigenvalue weighted by atomic mass is 10.9. The van der Waals surface area contributed by atoms with Crippen LogP contribution in [0, 0.1) is 0 Å². The molecule has 0 saturated carbocycles. The molecule has 0 aliphatic rings. The van der Waals surface area contributed by atoms with Crippen molar-refractivity contribution in [3.8, 4) is 0 Å². The van der Waals surface area contributed by atoms with Gasteiger partial charge in [0.2, 0.25) is 0 Å². The molecule has 0 aliphatic heterocycles. The van der Waals surface area contributed by atoms with Crippen LogP contribution in [-0.4, -0.2) is 10.9 Å². The lowest BCUT2D eigenvalue weighted by Crippen LogP contribution is -2.47. The van der Waals surface area contributed by atoms with Crippen LogP contribution in [-0.2, 0) is 0 Å². The molecular weight excluding hydrogens is 284 g/mol. The van der Waals surface area contributed by atoms with E-state index in [1.807, 2.05) is 0 Å². The second-order valence-corrected chi connectivity index (χ2v) is 14.6. The molecule has 0 amide bonds. The third kappa shape index (κ3) is 2.56. The summed E-state index contributed by atoms with van der Waals surface area (Å²) in [6, 6.07) is 4.06. The highest BCUT2D eigenvalue weighted by atomic mass is 79.9. The normalized spacial score (nSPS) is 13.6. The molecule has 0 fully saturated rings. The van der Waals surface area contributed by atoms with Crippen LogP contribution < -0.4 is 0 Å². The minimum Gasteiger partial charge on any atom is -0.0769 e. The summed E-state index contributed by atoms with van der Waals surface area (Å²) >= 11 is 7.52. The van der Waals surface area contributed by atoms with Crippen LogP contribution >= 0.6 is 31.9 Å². The van der Waals surface area contributed by atoms with Crippen molar-refractivity contribution < 1.29 is 0 Å². The molecule has 0 atom stereocenters. The first-order valence-electron chi connectivity index (χ1n) is 4.31. The van der Waals surface area contributed by atoms with Crippen molar-refractivity contribution in [2.75, 3.05) is 0 Å². The fraction of sp³-hybridized carbons (Fsp3) is 1.00. The van der Waals surface area contributed by atoms with Gasteiger partial charge in [-0.05, 0) is 6.92 Å². The Hall–Kier alpha value is 1.18. The van der Waals surface area contributed by atoms with Crippen LogP contribution in [0.1, 0.15) is 27.7 Å². The maximum Gasteiger partial charge on any atom is 0.0848 e. The van der Waals surface area contributed by atoms with Crippen LogP contribution in [0.25, 0.3) is 0 Å². The minimum atomic E-state index is -1.09. The zero-order valence-corrected chi connectivity index (χ0v) is 12.0. The van der Waals surface area contributed by atoms with Crippen molar-refractivity contribution in [1.29, 1.82) is 0 Å². The van der Waals surface area contributed by atoms with Gasteiger partial charge < -0.3 is 0 Å². The summed E-state index contributed by atoms with van der Waals surface area (Å²) in [4.78, 5) is 0. The van der Waals surface area contributed by atoms with Gasteiger partial charge in [-0.3, -0.25) is 0 Å². The van der Waals surface area contributed by atoms with Crippen molar-refractivity contribution in [2.24, 2.45) is 0 Å². The summed E-state index contributed by atoms with van der Waals surface area (Å²) in [5.41, 5.74) is 0. The van der Waals surface area contributed by atoms with E-state index < -0.39 is 8.07 Å². The van der Waals surface area contributed by atoms with Crippen LogP contribution in [0.2, 0.25) is 18.1 Å². The van der Waals surface area contributed by atoms with E-state index in [4.69, 9.17) is 0 Å². The first-order valence-corrected chi connectivity index (χ1v) is 8.52. The Bertz CT molecular complexity index is 105. The topological polar surface area (TPSA) is 0 Å². The SMILES string of the molecule is CC[Si](CC)(CC)C(C)(Br)Br. The van der Waals surface area contributed by atoms with Gasteiger partial charge in [0.1, 0.15) is 0 Å². The van der Waals surface area contributed by atoms with E-state index in [2.05, 4.69) is 59.6 Å². The van der Waals surface area contributed by atoms with Crippen molar-refractivity contribution in [1.82, 2.24) is 0 Å². The van der Waals surface area contributed by atoms with Crippen LogP contribution in [0.3, 0.4) is 0 Å². The summed E-state index contributed by atoms with van der Waals surface area (Å²) in [6.45, 7) is 9.22. The Labute approximate surface area is 88.4 Å². The Morgan fingerprint density at radius 1 is 1.00 bits per heavy atom. The molecule has 3 heteroatoms. The predicted octanol–water partition coefficient (Wildman–Crippen LogP) is 4.54. The van der Waals surface area contributed by atoms with Crippen molar-refractivity contribution in [3.05, 3.63) is 0 Å². The van der Waals surface area contributed by atoms with Gasteiger partial charge in [-0.15, -0.1) is 0 Å². The lowest BCUT2D eigenvalue weighted by Gasteiger charge is -2.38. The van der Waals surface area contributed by atoms with E-state index in [9.17, 15) is 0 Å². The molecule has 0 N–H and O–H groups in total. The van der Waals surface area contributed by atoms with E-state index in [0.717, 1.165) is 0 Å². The molecule has 0 spiro atoms. The van der Waals surface area contributed by atoms with Crippen LogP contribution in [0.5, 0.6) is 0 Å². The van der Waals surface area contributed by atoms with Crippen LogP contribution in [0.4, 0.5) is 0 Å². The van der Waals surface area contributed by atoms with Gasteiger partial charge in [0, 0.05) is 0 Å². The molecule has 0 bridgehead atoms. The molecule has 0 unspecified atom stereocenters. The van der Waals surface area contributed by atoms with Gasteiger partial charge in [0.25, 0.3) is 0 Å². The summed E-state index contributed by atoms with van der Waals surface area (Å²) in [7, 11) is -1.09. The fourth-order valence-electron chi connectivity index (χ4n) is 1.68. The van der Waals surface area contributed by atoms with Crippen LogP contribution in [0.15, 0.2) is 0 Å². The third-order valence-corrected chi connectivity index (χ3v) is 13.9. The number of halogens is 2. The highest BCUT2D eigenvalue weighted by Crippen LogP contribution is 2.42. The average Bonchev–Trinajstić information content (AvgIpc) is 1.90. The van der Waals surface area contributed by atoms with Crippen molar-refractivity contribution in [2.45, 2.75) is 48.7 Å². The summed E-state index contributed by atoms with van der Waals surface area (Å²) in [5, 5.41) is 0. The van der Waals surface area contributed by atoms with Crippen molar-refractivity contribution >= 4 is 39.9 Å². The smallest absolute Gasteiger partial charge is 0.0769 e. The maximum atomic E-state index is 3.76. The van der Waals surface area contributed by atoms with E-state index in [0.29, 0.717) is 0 Å². The first kappa shape index (κ1) is 12.2. The highest BCUT2D eigenvalue weighted by molar-refractivity contribution is 9.26. The Kier molecular flexibility index (Phi) is 4.90. The molecule has 0 rings (SSSR count). The second kappa shape index (κ2) is 4.42. The van der Waals surface area contributed by atoms with Gasteiger partial charge >= 0.3 is 0 Å². The third-order valence-electron chi connectivity index (χ3n) is 2.96. The maximum absolute atomic E-state index is 3.76. The molecule has 0 radical (unpaired) electrons. The molecule has 0 aromatic heterocycles. The van der Waals surface area contributed by atoms with E-state index in [-0.39, 0.29) is 2.86 Å². The van der Waals surface area contributed by atoms with Gasteiger partial charge in [0.15, 0.2) is 0 Å². The van der Waals surface area contributed by atoms with E-state index in [1.165, 1.54) is 18.1 Å². The summed E-state index contributed by atoms with van der Waals surface area (Å²) in [6.07, 6.45) is 0. The minimum absolute atomic E-state index is 0.227. The quantitative estimate of drug-likeness (QED) is 0.528. The monoisotopic (exact) mass is 300 g/mol. The predicted molar refractivity (Wildman–Crippen MR) is 63.5 cm³/mol. The Morgan fingerprint density at radius 2 is 1.27 bits per heavy atom. The number of rotatable bonds is 4. The van der Waals surface area contributed by atoms with Gasteiger partial charge in [-0.1, -0.05) is 70.8 Å². The van der Waals surface area contributed by atoms with E-state index >= 15 is 0 Å². The molecule has 68 valence electrons. The van der Waals surface area contributed by atoms with Gasteiger partial charge in [0.05, 0.1) is 10.9 Å². The molecule has 11 heavy (non-hydrogen) atoms. The van der Waals surface area contributed by atoms with Gasteiger partial charge in [-0.2, -0.15) is 0 Å². The van der Waals surface area contributed by atoms with E-state index in [1.54, 1.807) is 0 Å². The largest absolute Gasteiger partial charge is 0.0848 e. The first-order chi connectivity index (χ1) is 4.93. The Balaban J connectivity index is 4.54. The summed E-state index contributed by atoms with van der Waals surface area (Å²) < 4.78 is 0.227. The standard InChI is InChI=1S/C8H18Br2Si/c1-5-11(6-2,7-3)8(4,9)10/h5-7H2,1-4H3. The molecule has 0 nitrogen and oxygen atoms in total. The highest BCUT2D eigenvalue weighted by Gasteiger charge is 2.42. The zero-order chi connectivity index (χ0) is 9.12. The Morgan fingerprint density at radius 3 is 1.27 bits per heavy atom. The molecule has 0 aromatic carbocycles. The number of alkyl halides is 2. The molecule has 0 saturated heterocycles. The lowest BCUT2D eigenvalue weighted by molar-refractivity contribution is 1.07. The second-order valence-electron chi connectivity index (χ2n) is 3.23. The number of hydrogen-bond donors (Lipinski definition) is 0. The summed E-state index contributed by atoms with van der Waals surface area (Å²) in [5.74, 6) is 0. The number of hydrogen-bond acceptors (Lipinski definition) is 0. The fourth-order valence-corrected chi connectivity index (χ4v) is 10.1. The van der Waals surface area contributed by atoms with Crippen molar-refractivity contribution in [3.63, 3.8) is 0 Å².